The molecular formula is C20H31N5O. The van der Waals surface area contributed by atoms with Gasteiger partial charge in [0.15, 0.2) is 5.96 Å². The SMILES string of the molecule is CN=C(NCC(c1ccccc1OC)N(C)C)N(C)Cc1cccn1C. The van der Waals surface area contributed by atoms with E-state index in [4.69, 9.17) is 4.74 Å². The fourth-order valence-corrected chi connectivity index (χ4v) is 3.06. The minimum absolute atomic E-state index is 0.173. The van der Waals surface area contributed by atoms with Crippen LogP contribution in [-0.2, 0) is 13.6 Å². The summed E-state index contributed by atoms with van der Waals surface area (Å²) in [5.41, 5.74) is 2.40. The Kier molecular flexibility index (Phi) is 7.09. The standard InChI is InChI=1S/C20H31N5O/c1-21-20(25(5)15-16-10-9-13-24(16)4)22-14-18(23(2)3)17-11-7-8-12-19(17)26-6/h7-13,18H,14-15H2,1-6H3,(H,21,22). The average molecular weight is 358 g/mol. The van der Waals surface area contributed by atoms with Gasteiger partial charge < -0.3 is 24.4 Å². The lowest BCUT2D eigenvalue weighted by Gasteiger charge is -2.29. The predicted molar refractivity (Wildman–Crippen MR) is 108 cm³/mol. The minimum atomic E-state index is 0.173. The van der Waals surface area contributed by atoms with Crippen molar-refractivity contribution in [2.45, 2.75) is 12.6 Å². The molecule has 6 heteroatoms. The summed E-state index contributed by atoms with van der Waals surface area (Å²) >= 11 is 0. The molecule has 1 atom stereocenters. The predicted octanol–water partition coefficient (Wildman–Crippen LogP) is 2.34. The van der Waals surface area contributed by atoms with E-state index >= 15 is 0 Å². The first-order valence-electron chi connectivity index (χ1n) is 8.79. The van der Waals surface area contributed by atoms with Crippen LogP contribution in [0.15, 0.2) is 47.6 Å². The number of methoxy groups -OCH3 is 1. The average Bonchev–Trinajstić information content (AvgIpc) is 3.03. The highest BCUT2D eigenvalue weighted by Crippen LogP contribution is 2.27. The molecule has 0 saturated heterocycles. The zero-order valence-corrected chi connectivity index (χ0v) is 16.7. The summed E-state index contributed by atoms with van der Waals surface area (Å²) in [5.74, 6) is 1.77. The van der Waals surface area contributed by atoms with Crippen molar-refractivity contribution >= 4 is 5.96 Å². The molecule has 2 rings (SSSR count). The monoisotopic (exact) mass is 357 g/mol. The number of ether oxygens (including phenoxy) is 1. The van der Waals surface area contributed by atoms with E-state index in [-0.39, 0.29) is 6.04 Å². The molecule has 0 radical (unpaired) electrons. The van der Waals surface area contributed by atoms with E-state index in [1.165, 1.54) is 5.69 Å². The Morgan fingerprint density at radius 3 is 2.50 bits per heavy atom. The zero-order chi connectivity index (χ0) is 19.1. The quantitative estimate of drug-likeness (QED) is 0.610. The maximum Gasteiger partial charge on any atom is 0.193 e. The lowest BCUT2D eigenvalue weighted by atomic mass is 10.0. The van der Waals surface area contributed by atoms with Crippen LogP contribution in [0, 0.1) is 0 Å². The van der Waals surface area contributed by atoms with Crippen molar-refractivity contribution in [1.29, 1.82) is 0 Å². The summed E-state index contributed by atoms with van der Waals surface area (Å²) < 4.78 is 7.67. The van der Waals surface area contributed by atoms with Crippen molar-refractivity contribution in [2.24, 2.45) is 12.0 Å². The number of hydrogen-bond acceptors (Lipinski definition) is 3. The lowest BCUT2D eigenvalue weighted by Crippen LogP contribution is -2.42. The minimum Gasteiger partial charge on any atom is -0.496 e. The first-order chi connectivity index (χ1) is 12.5. The zero-order valence-electron chi connectivity index (χ0n) is 16.7. The van der Waals surface area contributed by atoms with Gasteiger partial charge in [0.05, 0.1) is 19.7 Å². The summed E-state index contributed by atoms with van der Waals surface area (Å²) in [6.07, 6.45) is 2.06. The van der Waals surface area contributed by atoms with Crippen LogP contribution in [-0.4, -0.2) is 62.2 Å². The van der Waals surface area contributed by atoms with Crippen LogP contribution in [0.25, 0.3) is 0 Å². The van der Waals surface area contributed by atoms with Gasteiger partial charge in [-0.05, 0) is 32.3 Å². The molecule has 1 aromatic heterocycles. The molecule has 1 heterocycles. The van der Waals surface area contributed by atoms with Gasteiger partial charge in [-0.1, -0.05) is 18.2 Å². The second kappa shape index (κ2) is 9.29. The summed E-state index contributed by atoms with van der Waals surface area (Å²) in [7, 11) is 11.8. The number of nitrogens with zero attached hydrogens (tertiary/aromatic N) is 4. The van der Waals surface area contributed by atoms with E-state index in [0.29, 0.717) is 0 Å². The van der Waals surface area contributed by atoms with Gasteiger partial charge in [0.1, 0.15) is 5.75 Å². The first-order valence-corrected chi connectivity index (χ1v) is 8.79. The molecule has 0 amide bonds. The topological polar surface area (TPSA) is 45.0 Å². The molecular weight excluding hydrogens is 326 g/mol. The molecule has 0 bridgehead atoms. The number of rotatable bonds is 7. The molecule has 1 aromatic carbocycles. The molecule has 1 unspecified atom stereocenters. The van der Waals surface area contributed by atoms with E-state index in [1.54, 1.807) is 7.11 Å². The molecule has 2 aromatic rings. The van der Waals surface area contributed by atoms with Gasteiger partial charge in [-0.3, -0.25) is 4.99 Å². The number of guanidine groups is 1. The van der Waals surface area contributed by atoms with Crippen LogP contribution < -0.4 is 10.1 Å². The number of aryl methyl sites for hydroxylation is 1. The molecule has 0 aliphatic carbocycles. The van der Waals surface area contributed by atoms with Crippen LogP contribution in [0.4, 0.5) is 0 Å². The molecule has 1 N–H and O–H groups in total. The molecule has 0 aliphatic heterocycles. The van der Waals surface area contributed by atoms with Gasteiger partial charge in [-0.25, -0.2) is 0 Å². The number of benzene rings is 1. The highest BCUT2D eigenvalue weighted by molar-refractivity contribution is 5.79. The van der Waals surface area contributed by atoms with Crippen LogP contribution >= 0.6 is 0 Å². The molecule has 0 fully saturated rings. The first kappa shape index (κ1) is 19.8. The number of likely N-dealkylation sites (N-methyl/N-ethyl adjacent to an activating group) is 1. The summed E-state index contributed by atoms with van der Waals surface area (Å²) in [4.78, 5) is 8.76. The van der Waals surface area contributed by atoms with E-state index in [1.807, 2.05) is 25.2 Å². The van der Waals surface area contributed by atoms with Crippen molar-refractivity contribution < 1.29 is 4.74 Å². The van der Waals surface area contributed by atoms with E-state index in [2.05, 4.69) is 77.3 Å². The Morgan fingerprint density at radius 2 is 1.92 bits per heavy atom. The Morgan fingerprint density at radius 1 is 1.19 bits per heavy atom. The van der Waals surface area contributed by atoms with Gasteiger partial charge in [0.2, 0.25) is 0 Å². The van der Waals surface area contributed by atoms with Gasteiger partial charge in [0, 0.05) is 45.1 Å². The van der Waals surface area contributed by atoms with Crippen LogP contribution in [0.2, 0.25) is 0 Å². The van der Waals surface area contributed by atoms with E-state index in [9.17, 15) is 0 Å². The van der Waals surface area contributed by atoms with Crippen LogP contribution in [0.3, 0.4) is 0 Å². The van der Waals surface area contributed by atoms with Crippen molar-refractivity contribution in [3.05, 3.63) is 53.9 Å². The fraction of sp³-hybridized carbons (Fsp3) is 0.450. The van der Waals surface area contributed by atoms with Crippen molar-refractivity contribution in [1.82, 2.24) is 19.7 Å². The molecule has 0 spiro atoms. The van der Waals surface area contributed by atoms with E-state index in [0.717, 1.165) is 30.4 Å². The van der Waals surface area contributed by atoms with Gasteiger partial charge in [-0.15, -0.1) is 0 Å². The normalized spacial score (nSPS) is 13.0. The maximum atomic E-state index is 5.54. The Balaban J connectivity index is 2.08. The van der Waals surface area contributed by atoms with Crippen LogP contribution in [0.1, 0.15) is 17.3 Å². The molecule has 142 valence electrons. The number of aliphatic imine (C=N–C) groups is 1. The molecule has 0 saturated carbocycles. The van der Waals surface area contributed by atoms with E-state index < -0.39 is 0 Å². The smallest absolute Gasteiger partial charge is 0.193 e. The largest absolute Gasteiger partial charge is 0.496 e. The lowest BCUT2D eigenvalue weighted by molar-refractivity contribution is 0.285. The van der Waals surface area contributed by atoms with Crippen molar-refractivity contribution in [3.63, 3.8) is 0 Å². The third-order valence-electron chi connectivity index (χ3n) is 4.60. The van der Waals surface area contributed by atoms with Crippen molar-refractivity contribution in [2.75, 3.05) is 41.8 Å². The summed E-state index contributed by atoms with van der Waals surface area (Å²) in [5, 5.41) is 3.50. The molecule has 6 nitrogen and oxygen atoms in total. The Labute approximate surface area is 157 Å². The highest BCUT2D eigenvalue weighted by Gasteiger charge is 2.19. The maximum absolute atomic E-state index is 5.54. The van der Waals surface area contributed by atoms with Gasteiger partial charge >= 0.3 is 0 Å². The molecule has 0 aliphatic rings. The molecule has 26 heavy (non-hydrogen) atoms. The number of para-hydroxylation sites is 1. The number of nitrogens with one attached hydrogen (secondary N) is 1. The summed E-state index contributed by atoms with van der Waals surface area (Å²) in [6.45, 7) is 1.53. The second-order valence-corrected chi connectivity index (χ2v) is 6.62. The number of hydrogen-bond donors (Lipinski definition) is 1. The van der Waals surface area contributed by atoms with Crippen molar-refractivity contribution in [3.8, 4) is 5.75 Å². The highest BCUT2D eigenvalue weighted by atomic mass is 16.5. The Bertz CT molecular complexity index is 722. The third-order valence-corrected chi connectivity index (χ3v) is 4.60. The third kappa shape index (κ3) is 4.79. The Hall–Kier alpha value is -2.47. The number of aromatic nitrogens is 1. The fourth-order valence-electron chi connectivity index (χ4n) is 3.06. The van der Waals surface area contributed by atoms with Gasteiger partial charge in [0.25, 0.3) is 0 Å². The summed E-state index contributed by atoms with van der Waals surface area (Å²) in [6, 6.07) is 12.5. The second-order valence-electron chi connectivity index (χ2n) is 6.62. The van der Waals surface area contributed by atoms with Gasteiger partial charge in [-0.2, -0.15) is 0 Å². The van der Waals surface area contributed by atoms with Crippen LogP contribution in [0.5, 0.6) is 5.75 Å².